The molecule has 2 saturated heterocycles. The molecule has 2 fully saturated rings. The maximum atomic E-state index is 12.4. The molecule has 3 heterocycles. The fraction of sp³-hybridized carbons (Fsp3) is 0.722. The van der Waals surface area contributed by atoms with Gasteiger partial charge < -0.3 is 10.2 Å². The van der Waals surface area contributed by atoms with Crippen molar-refractivity contribution >= 4 is 23.2 Å². The van der Waals surface area contributed by atoms with Crippen LogP contribution < -0.4 is 5.32 Å². The Morgan fingerprint density at radius 3 is 2.92 bits per heavy atom. The summed E-state index contributed by atoms with van der Waals surface area (Å²) in [6.07, 6.45) is 6.29. The summed E-state index contributed by atoms with van der Waals surface area (Å²) in [7, 11) is 0. The molecule has 2 aliphatic heterocycles. The molecular weight excluding hydrogens is 336 g/mol. The first kappa shape index (κ1) is 18.3. The molecule has 3 rings (SSSR count). The minimum atomic E-state index is -0.136. The van der Waals surface area contributed by atoms with Crippen LogP contribution in [0.5, 0.6) is 0 Å². The van der Waals surface area contributed by atoms with Gasteiger partial charge in [-0.3, -0.25) is 14.5 Å². The standard InChI is InChI=1S/C18H28N4O2S/c1-14(2)20-15(23)12-22-17(24)4-6-18(22)5-3-9-21(10-7-18)13-16-19-8-11-25-16/h8,11,14H,3-7,9-10,12-13H2,1-2H3,(H,20,23)/t18-/m0/s1. The lowest BCUT2D eigenvalue weighted by Crippen LogP contribution is -2.51. The van der Waals surface area contributed by atoms with Crippen molar-refractivity contribution in [2.75, 3.05) is 19.6 Å². The molecule has 6 nitrogen and oxygen atoms in total. The van der Waals surface area contributed by atoms with E-state index in [2.05, 4.69) is 15.2 Å². The van der Waals surface area contributed by atoms with Gasteiger partial charge in [-0.05, 0) is 46.1 Å². The molecule has 7 heteroatoms. The Hall–Kier alpha value is -1.47. The zero-order chi connectivity index (χ0) is 17.9. The molecule has 2 aliphatic rings. The second kappa shape index (κ2) is 7.83. The quantitative estimate of drug-likeness (QED) is 0.868. The van der Waals surface area contributed by atoms with Crippen LogP contribution >= 0.6 is 11.3 Å². The lowest BCUT2D eigenvalue weighted by Gasteiger charge is -2.38. The molecule has 1 aromatic heterocycles. The summed E-state index contributed by atoms with van der Waals surface area (Å²) in [5, 5.41) is 6.07. The van der Waals surface area contributed by atoms with Crippen LogP contribution in [-0.4, -0.2) is 57.8 Å². The predicted octanol–water partition coefficient (Wildman–Crippen LogP) is 2.01. The van der Waals surface area contributed by atoms with Gasteiger partial charge in [0.05, 0.1) is 6.54 Å². The molecule has 0 bridgehead atoms. The first-order valence-electron chi connectivity index (χ1n) is 9.19. The Morgan fingerprint density at radius 1 is 1.36 bits per heavy atom. The van der Waals surface area contributed by atoms with E-state index >= 15 is 0 Å². The fourth-order valence-electron chi connectivity index (χ4n) is 4.08. The van der Waals surface area contributed by atoms with E-state index in [-0.39, 0.29) is 29.9 Å². The average Bonchev–Trinajstić information content (AvgIpc) is 3.09. The first-order chi connectivity index (χ1) is 12.0. The average molecular weight is 365 g/mol. The Balaban J connectivity index is 1.64. The highest BCUT2D eigenvalue weighted by atomic mass is 32.1. The van der Waals surface area contributed by atoms with Gasteiger partial charge >= 0.3 is 0 Å². The zero-order valence-corrected chi connectivity index (χ0v) is 16.0. The van der Waals surface area contributed by atoms with E-state index in [0.29, 0.717) is 6.42 Å². The summed E-state index contributed by atoms with van der Waals surface area (Å²) in [6.45, 7) is 6.96. The molecule has 0 saturated carbocycles. The van der Waals surface area contributed by atoms with Crippen molar-refractivity contribution in [1.82, 2.24) is 20.1 Å². The van der Waals surface area contributed by atoms with Crippen LogP contribution in [0.4, 0.5) is 0 Å². The molecule has 1 aromatic rings. The van der Waals surface area contributed by atoms with E-state index in [1.165, 1.54) is 0 Å². The Bertz CT molecular complexity index is 604. The van der Waals surface area contributed by atoms with Crippen molar-refractivity contribution in [2.45, 2.75) is 64.1 Å². The maximum Gasteiger partial charge on any atom is 0.239 e. The van der Waals surface area contributed by atoms with Gasteiger partial charge in [0.1, 0.15) is 11.6 Å². The van der Waals surface area contributed by atoms with Gasteiger partial charge in [-0.25, -0.2) is 4.98 Å². The highest BCUT2D eigenvalue weighted by Crippen LogP contribution is 2.39. The SMILES string of the molecule is CC(C)NC(=O)CN1C(=O)CC[C@]12CCCN(Cc1nccs1)CC2. The highest BCUT2D eigenvalue weighted by molar-refractivity contribution is 7.09. The van der Waals surface area contributed by atoms with Crippen molar-refractivity contribution in [3.63, 3.8) is 0 Å². The molecular formula is C18H28N4O2S. The highest BCUT2D eigenvalue weighted by Gasteiger charge is 2.46. The summed E-state index contributed by atoms with van der Waals surface area (Å²) in [5.41, 5.74) is -0.136. The van der Waals surface area contributed by atoms with Crippen molar-refractivity contribution in [1.29, 1.82) is 0 Å². The number of rotatable bonds is 5. The number of amides is 2. The van der Waals surface area contributed by atoms with Gasteiger partial charge in [0.15, 0.2) is 0 Å². The van der Waals surface area contributed by atoms with Gasteiger partial charge in [-0.1, -0.05) is 0 Å². The second-order valence-electron chi connectivity index (χ2n) is 7.48. The topological polar surface area (TPSA) is 65.5 Å². The Kier molecular flexibility index (Phi) is 5.74. The lowest BCUT2D eigenvalue weighted by atomic mass is 9.87. The van der Waals surface area contributed by atoms with Gasteiger partial charge in [0.2, 0.25) is 11.8 Å². The summed E-state index contributed by atoms with van der Waals surface area (Å²) in [6, 6.07) is 0.101. The number of likely N-dealkylation sites (tertiary alicyclic amines) is 2. The maximum absolute atomic E-state index is 12.4. The van der Waals surface area contributed by atoms with Gasteiger partial charge in [-0.2, -0.15) is 0 Å². The summed E-state index contributed by atoms with van der Waals surface area (Å²) in [4.78, 5) is 33.4. The largest absolute Gasteiger partial charge is 0.352 e. The number of carbonyl (C=O) groups excluding carboxylic acids is 2. The van der Waals surface area contributed by atoms with Crippen LogP contribution in [0.15, 0.2) is 11.6 Å². The van der Waals surface area contributed by atoms with Crippen molar-refractivity contribution in [2.24, 2.45) is 0 Å². The summed E-state index contributed by atoms with van der Waals surface area (Å²) < 4.78 is 0. The molecule has 138 valence electrons. The van der Waals surface area contributed by atoms with Crippen LogP contribution in [0, 0.1) is 0 Å². The van der Waals surface area contributed by atoms with Gasteiger partial charge in [-0.15, -0.1) is 11.3 Å². The number of hydrogen-bond donors (Lipinski definition) is 1. The number of nitrogens with zero attached hydrogens (tertiary/aromatic N) is 3. The van der Waals surface area contributed by atoms with E-state index in [0.717, 1.165) is 50.3 Å². The lowest BCUT2D eigenvalue weighted by molar-refractivity contribution is -0.137. The van der Waals surface area contributed by atoms with Crippen LogP contribution in [0.1, 0.15) is 51.0 Å². The molecule has 1 atom stereocenters. The van der Waals surface area contributed by atoms with Crippen molar-refractivity contribution in [3.8, 4) is 0 Å². The first-order valence-corrected chi connectivity index (χ1v) is 10.1. The molecule has 0 aromatic carbocycles. The third-order valence-corrected chi connectivity index (χ3v) is 6.05. The number of hydrogen-bond acceptors (Lipinski definition) is 5. The molecule has 1 N–H and O–H groups in total. The van der Waals surface area contributed by atoms with E-state index in [4.69, 9.17) is 0 Å². The minimum Gasteiger partial charge on any atom is -0.352 e. The van der Waals surface area contributed by atoms with Gasteiger partial charge in [0.25, 0.3) is 0 Å². The van der Waals surface area contributed by atoms with E-state index in [1.807, 2.05) is 30.3 Å². The minimum absolute atomic E-state index is 0.0477. The Labute approximate surface area is 153 Å². The van der Waals surface area contributed by atoms with Crippen molar-refractivity contribution in [3.05, 3.63) is 16.6 Å². The molecule has 0 aliphatic carbocycles. The number of nitrogens with one attached hydrogen (secondary N) is 1. The van der Waals surface area contributed by atoms with E-state index < -0.39 is 0 Å². The monoisotopic (exact) mass is 364 g/mol. The summed E-state index contributed by atoms with van der Waals surface area (Å²) in [5.74, 6) is 0.0841. The number of aromatic nitrogens is 1. The summed E-state index contributed by atoms with van der Waals surface area (Å²) >= 11 is 1.69. The van der Waals surface area contributed by atoms with E-state index in [1.54, 1.807) is 11.3 Å². The zero-order valence-electron chi connectivity index (χ0n) is 15.2. The normalized spacial score (nSPS) is 24.9. The van der Waals surface area contributed by atoms with Crippen LogP contribution in [0.3, 0.4) is 0 Å². The Morgan fingerprint density at radius 2 is 2.20 bits per heavy atom. The molecule has 0 unspecified atom stereocenters. The third-order valence-electron chi connectivity index (χ3n) is 5.28. The third kappa shape index (κ3) is 4.39. The molecule has 2 amide bonds. The second-order valence-corrected chi connectivity index (χ2v) is 8.46. The van der Waals surface area contributed by atoms with E-state index in [9.17, 15) is 9.59 Å². The van der Waals surface area contributed by atoms with Crippen molar-refractivity contribution < 1.29 is 9.59 Å². The number of thiazole rings is 1. The van der Waals surface area contributed by atoms with Crippen LogP contribution in [0.25, 0.3) is 0 Å². The fourth-order valence-corrected chi connectivity index (χ4v) is 4.73. The smallest absolute Gasteiger partial charge is 0.239 e. The predicted molar refractivity (Wildman–Crippen MR) is 98.2 cm³/mol. The van der Waals surface area contributed by atoms with Crippen LogP contribution in [-0.2, 0) is 16.1 Å². The molecule has 25 heavy (non-hydrogen) atoms. The molecule has 0 radical (unpaired) electrons. The van der Waals surface area contributed by atoms with Gasteiger partial charge in [0, 0.05) is 36.1 Å². The van der Waals surface area contributed by atoms with Crippen LogP contribution in [0.2, 0.25) is 0 Å². The molecule has 1 spiro atoms. The number of carbonyl (C=O) groups is 2.